The highest BCUT2D eigenvalue weighted by Crippen LogP contribution is 2.31. The average Bonchev–Trinajstić information content (AvgIpc) is 3.40. The molecule has 1 aliphatic rings. The van der Waals surface area contributed by atoms with Crippen molar-refractivity contribution in [2.75, 3.05) is 13.1 Å². The summed E-state index contributed by atoms with van der Waals surface area (Å²) < 4.78 is 15.2. The quantitative estimate of drug-likeness (QED) is 0.435. The molecule has 6 heteroatoms. The summed E-state index contributed by atoms with van der Waals surface area (Å²) in [4.78, 5) is 2.25. The second-order valence-corrected chi connectivity index (χ2v) is 8.61. The predicted octanol–water partition coefficient (Wildman–Crippen LogP) is 5.57. The highest BCUT2D eigenvalue weighted by Gasteiger charge is 2.23. The van der Waals surface area contributed by atoms with Gasteiger partial charge < -0.3 is 5.11 Å². The van der Waals surface area contributed by atoms with Gasteiger partial charge >= 0.3 is 0 Å². The molecule has 1 saturated heterocycles. The standard InChI is InChI=1S/C26H23ClFN3O/c27-22-3-1-2-20(14-22)26-21(16-30-13-12-25(32)17-30)15-29-31(26)24-10-6-19(7-11-24)18-4-8-23(28)9-5-18/h1-11,14-15,25,32H,12-13,16-17H2. The Balaban J connectivity index is 1.52. The van der Waals surface area contributed by atoms with Crippen LogP contribution in [-0.4, -0.2) is 39.0 Å². The van der Waals surface area contributed by atoms with Crippen molar-refractivity contribution in [2.24, 2.45) is 0 Å². The number of benzene rings is 3. The summed E-state index contributed by atoms with van der Waals surface area (Å²) in [5.41, 5.74) is 5.97. The zero-order valence-electron chi connectivity index (χ0n) is 17.5. The Morgan fingerprint density at radius 1 is 0.969 bits per heavy atom. The van der Waals surface area contributed by atoms with Crippen LogP contribution in [0.25, 0.3) is 28.1 Å². The summed E-state index contributed by atoms with van der Waals surface area (Å²) in [6.07, 6.45) is 2.43. The van der Waals surface area contributed by atoms with E-state index in [0.717, 1.165) is 46.6 Å². The Labute approximate surface area is 191 Å². The van der Waals surface area contributed by atoms with E-state index in [-0.39, 0.29) is 11.9 Å². The summed E-state index contributed by atoms with van der Waals surface area (Å²) in [5.74, 6) is -0.244. The lowest BCUT2D eigenvalue weighted by molar-refractivity contribution is 0.175. The van der Waals surface area contributed by atoms with Gasteiger partial charge in [0.2, 0.25) is 0 Å². The fourth-order valence-corrected chi connectivity index (χ4v) is 4.46. The number of hydrogen-bond donors (Lipinski definition) is 1. The average molecular weight is 448 g/mol. The molecule has 1 atom stereocenters. The van der Waals surface area contributed by atoms with Crippen molar-refractivity contribution in [3.05, 3.63) is 95.4 Å². The van der Waals surface area contributed by atoms with E-state index in [2.05, 4.69) is 4.90 Å². The Morgan fingerprint density at radius 3 is 2.34 bits per heavy atom. The summed E-state index contributed by atoms with van der Waals surface area (Å²) in [6.45, 7) is 2.26. The van der Waals surface area contributed by atoms with E-state index in [0.29, 0.717) is 18.1 Å². The van der Waals surface area contributed by atoms with Crippen molar-refractivity contribution in [1.29, 1.82) is 0 Å². The van der Waals surface area contributed by atoms with Gasteiger partial charge in [-0.05, 0) is 53.9 Å². The van der Waals surface area contributed by atoms with E-state index in [1.807, 2.05) is 59.4 Å². The van der Waals surface area contributed by atoms with Crippen LogP contribution in [0.15, 0.2) is 79.0 Å². The zero-order chi connectivity index (χ0) is 22.1. The molecule has 0 saturated carbocycles. The van der Waals surface area contributed by atoms with Crippen molar-refractivity contribution in [3.63, 3.8) is 0 Å². The molecule has 1 N–H and O–H groups in total. The Morgan fingerprint density at radius 2 is 1.69 bits per heavy atom. The maximum absolute atomic E-state index is 13.3. The molecule has 0 radical (unpaired) electrons. The number of rotatable bonds is 5. The summed E-state index contributed by atoms with van der Waals surface area (Å²) in [5, 5.41) is 15.3. The highest BCUT2D eigenvalue weighted by atomic mass is 35.5. The minimum Gasteiger partial charge on any atom is -0.392 e. The first-order valence-electron chi connectivity index (χ1n) is 10.7. The molecule has 3 aromatic carbocycles. The number of aliphatic hydroxyl groups excluding tert-OH is 1. The van der Waals surface area contributed by atoms with Crippen molar-refractivity contribution in [2.45, 2.75) is 19.1 Å². The molecular formula is C26H23ClFN3O. The summed E-state index contributed by atoms with van der Waals surface area (Å²) in [7, 11) is 0. The third-order valence-corrected chi connectivity index (χ3v) is 6.11. The molecule has 1 aromatic heterocycles. The van der Waals surface area contributed by atoms with Crippen LogP contribution in [0.3, 0.4) is 0 Å². The van der Waals surface area contributed by atoms with Gasteiger partial charge in [0, 0.05) is 35.8 Å². The Hall–Kier alpha value is -2.99. The molecule has 0 spiro atoms. The van der Waals surface area contributed by atoms with Crippen LogP contribution in [0.5, 0.6) is 0 Å². The fraction of sp³-hybridized carbons (Fsp3) is 0.192. The molecule has 162 valence electrons. The molecular weight excluding hydrogens is 425 g/mol. The van der Waals surface area contributed by atoms with E-state index in [9.17, 15) is 9.50 Å². The van der Waals surface area contributed by atoms with Crippen molar-refractivity contribution in [3.8, 4) is 28.1 Å². The van der Waals surface area contributed by atoms with Gasteiger partial charge in [0.1, 0.15) is 5.82 Å². The van der Waals surface area contributed by atoms with Gasteiger partial charge in [0.05, 0.1) is 23.7 Å². The third kappa shape index (κ3) is 4.32. The summed E-state index contributed by atoms with van der Waals surface area (Å²) in [6, 6.07) is 22.3. The van der Waals surface area contributed by atoms with Crippen LogP contribution < -0.4 is 0 Å². The van der Waals surface area contributed by atoms with Gasteiger partial charge in [-0.3, -0.25) is 4.90 Å². The number of hydrogen-bond acceptors (Lipinski definition) is 3. The van der Waals surface area contributed by atoms with Crippen molar-refractivity contribution in [1.82, 2.24) is 14.7 Å². The van der Waals surface area contributed by atoms with Crippen molar-refractivity contribution < 1.29 is 9.50 Å². The Kier molecular flexibility index (Phi) is 5.79. The first-order valence-corrected chi connectivity index (χ1v) is 11.0. The lowest BCUT2D eigenvalue weighted by Gasteiger charge is -2.16. The van der Waals surface area contributed by atoms with E-state index < -0.39 is 0 Å². The maximum atomic E-state index is 13.3. The molecule has 0 amide bonds. The van der Waals surface area contributed by atoms with E-state index in [4.69, 9.17) is 16.7 Å². The molecule has 1 aliphatic heterocycles. The molecule has 4 nitrogen and oxygen atoms in total. The normalized spacial score (nSPS) is 16.5. The van der Waals surface area contributed by atoms with Gasteiger partial charge in [-0.1, -0.05) is 48.0 Å². The van der Waals surface area contributed by atoms with Gasteiger partial charge in [0.15, 0.2) is 0 Å². The van der Waals surface area contributed by atoms with Crippen LogP contribution in [0.1, 0.15) is 12.0 Å². The van der Waals surface area contributed by atoms with Crippen LogP contribution in [-0.2, 0) is 6.54 Å². The monoisotopic (exact) mass is 447 g/mol. The van der Waals surface area contributed by atoms with E-state index in [1.54, 1.807) is 12.1 Å². The van der Waals surface area contributed by atoms with E-state index >= 15 is 0 Å². The van der Waals surface area contributed by atoms with Gasteiger partial charge in [-0.15, -0.1) is 0 Å². The Bertz CT molecular complexity index is 1220. The zero-order valence-corrected chi connectivity index (χ0v) is 18.2. The summed E-state index contributed by atoms with van der Waals surface area (Å²) >= 11 is 6.30. The van der Waals surface area contributed by atoms with Crippen LogP contribution in [0.4, 0.5) is 4.39 Å². The molecule has 4 aromatic rings. The first-order chi connectivity index (χ1) is 15.6. The molecule has 5 rings (SSSR count). The number of aliphatic hydroxyl groups is 1. The number of aromatic nitrogens is 2. The second kappa shape index (κ2) is 8.87. The van der Waals surface area contributed by atoms with E-state index in [1.165, 1.54) is 12.1 Å². The smallest absolute Gasteiger partial charge is 0.123 e. The highest BCUT2D eigenvalue weighted by molar-refractivity contribution is 6.30. The number of halogens is 2. The number of nitrogens with zero attached hydrogens (tertiary/aromatic N) is 3. The van der Waals surface area contributed by atoms with Crippen molar-refractivity contribution >= 4 is 11.6 Å². The lowest BCUT2D eigenvalue weighted by atomic mass is 10.0. The fourth-order valence-electron chi connectivity index (χ4n) is 4.27. The van der Waals surface area contributed by atoms with Gasteiger partial charge in [0.25, 0.3) is 0 Å². The number of β-amino-alcohol motifs (C(OH)–C–C–N with tert-alkyl or cyclic N) is 1. The van der Waals surface area contributed by atoms with Crippen LogP contribution >= 0.6 is 11.6 Å². The lowest BCUT2D eigenvalue weighted by Crippen LogP contribution is -2.21. The topological polar surface area (TPSA) is 41.3 Å². The second-order valence-electron chi connectivity index (χ2n) is 8.17. The molecule has 0 aliphatic carbocycles. The number of likely N-dealkylation sites (tertiary alicyclic amines) is 1. The molecule has 0 bridgehead atoms. The van der Waals surface area contributed by atoms with Crippen LogP contribution in [0.2, 0.25) is 5.02 Å². The molecule has 1 unspecified atom stereocenters. The minimum atomic E-state index is -0.265. The van der Waals surface area contributed by atoms with Gasteiger partial charge in [-0.2, -0.15) is 5.10 Å². The molecule has 2 heterocycles. The largest absolute Gasteiger partial charge is 0.392 e. The maximum Gasteiger partial charge on any atom is 0.123 e. The molecule has 32 heavy (non-hydrogen) atoms. The minimum absolute atomic E-state index is 0.244. The third-order valence-electron chi connectivity index (χ3n) is 5.87. The first kappa shape index (κ1) is 20.9. The van der Waals surface area contributed by atoms with Gasteiger partial charge in [-0.25, -0.2) is 9.07 Å². The van der Waals surface area contributed by atoms with Crippen LogP contribution in [0, 0.1) is 5.82 Å². The SMILES string of the molecule is OC1CCN(Cc2cnn(-c3ccc(-c4ccc(F)cc4)cc3)c2-c2cccc(Cl)c2)C1. The molecule has 1 fully saturated rings. The predicted molar refractivity (Wildman–Crippen MR) is 125 cm³/mol.